The summed E-state index contributed by atoms with van der Waals surface area (Å²) in [7, 11) is -4.10. The molecule has 1 aromatic heterocycles. The molecule has 0 aliphatic rings. The van der Waals surface area contributed by atoms with E-state index in [1.807, 2.05) is 19.1 Å². The van der Waals surface area contributed by atoms with Crippen molar-refractivity contribution in [3.63, 3.8) is 0 Å². The van der Waals surface area contributed by atoms with Crippen LogP contribution < -0.4 is 5.14 Å². The second-order valence-electron chi connectivity index (χ2n) is 6.35. The summed E-state index contributed by atoms with van der Waals surface area (Å²) in [4.78, 5) is 10.2. The highest BCUT2D eigenvalue weighted by Gasteiger charge is 2.20. The van der Waals surface area contributed by atoms with Crippen LogP contribution in [0.5, 0.6) is 5.88 Å². The Bertz CT molecular complexity index is 1220. The Morgan fingerprint density at radius 2 is 1.93 bits per heavy atom. The molecule has 0 amide bonds. The molecule has 29 heavy (non-hydrogen) atoms. The fraction of sp³-hybridized carbons (Fsp3) is 0.222. The van der Waals surface area contributed by atoms with E-state index in [9.17, 15) is 23.6 Å². The first-order valence-corrected chi connectivity index (χ1v) is 10.3. The molecule has 0 saturated heterocycles. The summed E-state index contributed by atoms with van der Waals surface area (Å²) >= 11 is 0. The maximum Gasteiger partial charge on any atom is 0.298 e. The number of fused-ring (bicyclic) bond motifs is 1. The molecule has 11 heteroatoms. The van der Waals surface area contributed by atoms with Crippen molar-refractivity contribution in [2.45, 2.75) is 31.2 Å². The topological polar surface area (TPSA) is 153 Å². The first-order valence-electron chi connectivity index (χ1n) is 8.77. The summed E-state index contributed by atoms with van der Waals surface area (Å²) < 4.78 is 24.6. The van der Waals surface area contributed by atoms with Gasteiger partial charge in [-0.05, 0) is 24.6 Å². The zero-order valence-electron chi connectivity index (χ0n) is 15.5. The van der Waals surface area contributed by atoms with Crippen LogP contribution in [0.4, 0.5) is 17.1 Å². The number of rotatable bonds is 7. The van der Waals surface area contributed by atoms with Crippen LogP contribution in [0.25, 0.3) is 10.9 Å². The maximum atomic E-state index is 11.4. The number of benzene rings is 2. The Balaban J connectivity index is 2.10. The highest BCUT2D eigenvalue weighted by Crippen LogP contribution is 2.40. The molecule has 0 bridgehead atoms. The van der Waals surface area contributed by atoms with Crippen LogP contribution in [0.15, 0.2) is 57.6 Å². The second-order valence-corrected chi connectivity index (χ2v) is 7.91. The van der Waals surface area contributed by atoms with Crippen LogP contribution in [0, 0.1) is 10.1 Å². The number of sulfonamides is 1. The smallest absolute Gasteiger partial charge is 0.298 e. The van der Waals surface area contributed by atoms with Gasteiger partial charge < -0.3 is 9.67 Å². The summed E-state index contributed by atoms with van der Waals surface area (Å²) in [6.45, 7) is 2.62. The fourth-order valence-corrected chi connectivity index (χ4v) is 3.46. The van der Waals surface area contributed by atoms with Gasteiger partial charge in [0.1, 0.15) is 0 Å². The van der Waals surface area contributed by atoms with Gasteiger partial charge in [0.05, 0.1) is 15.3 Å². The number of hydrogen-bond acceptors (Lipinski definition) is 7. The number of unbranched alkanes of at least 4 members (excludes halogenated alkanes) is 1. The van der Waals surface area contributed by atoms with Gasteiger partial charge in [0.25, 0.3) is 5.69 Å². The molecule has 0 fully saturated rings. The maximum absolute atomic E-state index is 11.4. The third kappa shape index (κ3) is 4.10. The van der Waals surface area contributed by atoms with Crippen LogP contribution in [-0.4, -0.2) is 23.0 Å². The van der Waals surface area contributed by atoms with E-state index >= 15 is 0 Å². The molecule has 10 nitrogen and oxygen atoms in total. The van der Waals surface area contributed by atoms with E-state index in [0.29, 0.717) is 11.9 Å². The first kappa shape index (κ1) is 20.4. The van der Waals surface area contributed by atoms with Gasteiger partial charge in [-0.15, -0.1) is 10.2 Å². The molecule has 0 spiro atoms. The Hall–Kier alpha value is -3.31. The lowest BCUT2D eigenvalue weighted by Crippen LogP contribution is -2.12. The van der Waals surface area contributed by atoms with Crippen molar-refractivity contribution in [2.75, 3.05) is 0 Å². The number of primary sulfonamides is 1. The largest absolute Gasteiger partial charge is 0.493 e. The molecule has 1 heterocycles. The van der Waals surface area contributed by atoms with E-state index in [0.717, 1.165) is 36.6 Å². The summed E-state index contributed by atoms with van der Waals surface area (Å²) in [5.74, 6) is -0.0905. The average molecular weight is 417 g/mol. The molecule has 3 rings (SSSR count). The number of aryl methyl sites for hydroxylation is 1. The minimum atomic E-state index is -4.10. The molecule has 152 valence electrons. The quantitative estimate of drug-likeness (QED) is 0.336. The SMILES string of the molecule is CCCCn1c(O)c(N=Nc2ccc(S(N)(=O)=O)cc2[N+](=O)[O-])c2ccccc21. The van der Waals surface area contributed by atoms with Crippen LogP contribution in [0.2, 0.25) is 0 Å². The first-order chi connectivity index (χ1) is 13.7. The van der Waals surface area contributed by atoms with Gasteiger partial charge in [0.15, 0.2) is 11.4 Å². The van der Waals surface area contributed by atoms with Gasteiger partial charge in [0.2, 0.25) is 15.9 Å². The van der Waals surface area contributed by atoms with Crippen molar-refractivity contribution in [1.29, 1.82) is 0 Å². The summed E-state index contributed by atoms with van der Waals surface area (Å²) in [6, 6.07) is 10.3. The molecule has 2 aromatic carbocycles. The molecule has 0 saturated carbocycles. The molecular weight excluding hydrogens is 398 g/mol. The third-order valence-electron chi connectivity index (χ3n) is 4.38. The Labute approximate surface area is 166 Å². The summed E-state index contributed by atoms with van der Waals surface area (Å²) in [5, 5.41) is 35.6. The van der Waals surface area contributed by atoms with Crippen LogP contribution in [-0.2, 0) is 16.6 Å². The predicted octanol–water partition coefficient (Wildman–Crippen LogP) is 4.12. The number of nitrogens with zero attached hydrogens (tertiary/aromatic N) is 4. The van der Waals surface area contributed by atoms with Crippen molar-refractivity contribution in [2.24, 2.45) is 15.4 Å². The van der Waals surface area contributed by atoms with Gasteiger partial charge in [-0.3, -0.25) is 10.1 Å². The molecule has 0 atom stereocenters. The molecule has 3 aromatic rings. The second kappa shape index (κ2) is 7.97. The average Bonchev–Trinajstić information content (AvgIpc) is 2.94. The van der Waals surface area contributed by atoms with E-state index in [2.05, 4.69) is 10.2 Å². The lowest BCUT2D eigenvalue weighted by atomic mass is 10.2. The molecule has 0 radical (unpaired) electrons. The van der Waals surface area contributed by atoms with Crippen LogP contribution >= 0.6 is 0 Å². The van der Waals surface area contributed by atoms with E-state index < -0.39 is 25.5 Å². The lowest BCUT2D eigenvalue weighted by Gasteiger charge is -2.05. The highest BCUT2D eigenvalue weighted by atomic mass is 32.2. The lowest BCUT2D eigenvalue weighted by molar-refractivity contribution is -0.384. The molecule has 0 aliphatic heterocycles. The van der Waals surface area contributed by atoms with Gasteiger partial charge >= 0.3 is 0 Å². The van der Waals surface area contributed by atoms with Crippen molar-refractivity contribution in [3.05, 3.63) is 52.6 Å². The zero-order valence-corrected chi connectivity index (χ0v) is 16.3. The predicted molar refractivity (Wildman–Crippen MR) is 107 cm³/mol. The molecule has 0 aliphatic carbocycles. The monoisotopic (exact) mass is 417 g/mol. The van der Waals surface area contributed by atoms with Crippen molar-refractivity contribution >= 4 is 38.0 Å². The Morgan fingerprint density at radius 1 is 1.21 bits per heavy atom. The van der Waals surface area contributed by atoms with Gasteiger partial charge in [0, 0.05) is 18.0 Å². The number of nitro benzene ring substituents is 1. The van der Waals surface area contributed by atoms with Gasteiger partial charge in [-0.25, -0.2) is 13.6 Å². The van der Waals surface area contributed by atoms with Crippen LogP contribution in [0.1, 0.15) is 19.8 Å². The van der Waals surface area contributed by atoms with Crippen LogP contribution in [0.3, 0.4) is 0 Å². The Morgan fingerprint density at radius 3 is 2.59 bits per heavy atom. The van der Waals surface area contributed by atoms with Gasteiger partial charge in [-0.1, -0.05) is 31.5 Å². The minimum Gasteiger partial charge on any atom is -0.493 e. The number of aromatic hydroxyl groups is 1. The van der Waals surface area contributed by atoms with Crippen molar-refractivity contribution in [1.82, 2.24) is 4.57 Å². The van der Waals surface area contributed by atoms with E-state index in [4.69, 9.17) is 5.14 Å². The van der Waals surface area contributed by atoms with Gasteiger partial charge in [-0.2, -0.15) is 0 Å². The van der Waals surface area contributed by atoms with Crippen molar-refractivity contribution < 1.29 is 18.4 Å². The number of para-hydroxylation sites is 1. The Kier molecular flexibility index (Phi) is 5.62. The fourth-order valence-electron chi connectivity index (χ4n) is 2.93. The number of azo groups is 1. The number of nitrogens with two attached hydrogens (primary N) is 1. The normalized spacial score (nSPS) is 12.1. The number of aromatic nitrogens is 1. The minimum absolute atomic E-state index is 0.0905. The molecule has 0 unspecified atom stereocenters. The highest BCUT2D eigenvalue weighted by molar-refractivity contribution is 7.89. The standard InChI is InChI=1S/C18H19N5O5S/c1-2-3-10-22-15-7-5-4-6-13(15)17(18(22)24)21-20-14-9-8-12(29(19,27)28)11-16(14)23(25)26/h4-9,11,24H,2-3,10H2,1H3,(H2,19,27,28). The van der Waals surface area contributed by atoms with E-state index in [1.165, 1.54) is 0 Å². The number of nitro groups is 1. The van der Waals surface area contributed by atoms with E-state index in [1.54, 1.807) is 16.7 Å². The van der Waals surface area contributed by atoms with E-state index in [-0.39, 0.29) is 17.3 Å². The summed E-state index contributed by atoms with van der Waals surface area (Å²) in [5.41, 5.74) is 0.231. The zero-order chi connectivity index (χ0) is 21.2. The molecule has 3 N–H and O–H groups in total. The third-order valence-corrected chi connectivity index (χ3v) is 5.29. The van der Waals surface area contributed by atoms with Crippen molar-refractivity contribution in [3.8, 4) is 5.88 Å². The molecular formula is C18H19N5O5S. The summed E-state index contributed by atoms with van der Waals surface area (Å²) in [6.07, 6.45) is 1.79. The number of hydrogen-bond donors (Lipinski definition) is 2.